The summed E-state index contributed by atoms with van der Waals surface area (Å²) in [5.41, 5.74) is 5.71. The number of amides is 2. The van der Waals surface area contributed by atoms with Gasteiger partial charge in [0, 0.05) is 25.8 Å². The van der Waals surface area contributed by atoms with Gasteiger partial charge in [0.2, 0.25) is 0 Å². The second-order valence-electron chi connectivity index (χ2n) is 5.62. The van der Waals surface area contributed by atoms with Crippen molar-refractivity contribution in [1.29, 1.82) is 0 Å². The first-order chi connectivity index (χ1) is 10.5. The van der Waals surface area contributed by atoms with Crippen LogP contribution in [0.25, 0.3) is 0 Å². The zero-order valence-corrected chi connectivity index (χ0v) is 13.7. The summed E-state index contributed by atoms with van der Waals surface area (Å²) in [5, 5.41) is 10.1. The predicted molar refractivity (Wildman–Crippen MR) is 87.8 cm³/mol. The molecule has 0 atom stereocenters. The second-order valence-corrected chi connectivity index (χ2v) is 5.62. The van der Waals surface area contributed by atoms with Gasteiger partial charge in [0.05, 0.1) is 5.69 Å². The summed E-state index contributed by atoms with van der Waals surface area (Å²) in [4.78, 5) is 11.8. The summed E-state index contributed by atoms with van der Waals surface area (Å²) in [6, 6.07) is 8.00. The molecule has 2 rings (SSSR count). The zero-order valence-electron chi connectivity index (χ0n) is 13.7. The molecule has 2 amide bonds. The quantitative estimate of drug-likeness (QED) is 0.890. The third-order valence-electron chi connectivity index (χ3n) is 3.89. The fraction of sp³-hybridized carbons (Fsp3) is 0.412. The van der Waals surface area contributed by atoms with E-state index in [0.717, 1.165) is 23.4 Å². The number of hydrogen-bond donors (Lipinski definition) is 2. The van der Waals surface area contributed by atoms with Gasteiger partial charge in [-0.25, -0.2) is 4.79 Å². The van der Waals surface area contributed by atoms with Gasteiger partial charge in [0.1, 0.15) is 0 Å². The van der Waals surface area contributed by atoms with Crippen LogP contribution in [0.3, 0.4) is 0 Å². The van der Waals surface area contributed by atoms with E-state index < -0.39 is 0 Å². The Bertz CT molecular complexity index is 643. The predicted octanol–water partition coefficient (Wildman–Crippen LogP) is 2.39. The molecule has 1 aromatic carbocycles. The number of carbonyl (C=O) groups is 1. The molecule has 2 N–H and O–H groups in total. The molecule has 22 heavy (non-hydrogen) atoms. The molecule has 0 radical (unpaired) electrons. The van der Waals surface area contributed by atoms with Crippen molar-refractivity contribution in [2.24, 2.45) is 7.05 Å². The minimum absolute atomic E-state index is 0.139. The van der Waals surface area contributed by atoms with Crippen molar-refractivity contribution in [3.63, 3.8) is 0 Å². The van der Waals surface area contributed by atoms with E-state index in [1.54, 1.807) is 0 Å². The number of benzene rings is 1. The third kappa shape index (κ3) is 4.10. The molecule has 5 heteroatoms. The van der Waals surface area contributed by atoms with Crippen LogP contribution in [0.1, 0.15) is 28.1 Å². The lowest BCUT2D eigenvalue weighted by atomic mass is 10.1. The first-order valence-electron chi connectivity index (χ1n) is 7.53. The summed E-state index contributed by atoms with van der Waals surface area (Å²) < 4.78 is 1.88. The van der Waals surface area contributed by atoms with Gasteiger partial charge in [-0.15, -0.1) is 0 Å². The summed E-state index contributed by atoms with van der Waals surface area (Å²) in [7, 11) is 1.94. The normalized spacial score (nSPS) is 10.5. The minimum Gasteiger partial charge on any atom is -0.338 e. The topological polar surface area (TPSA) is 59.0 Å². The molecule has 5 nitrogen and oxygen atoms in total. The smallest absolute Gasteiger partial charge is 0.315 e. The van der Waals surface area contributed by atoms with Crippen LogP contribution in [0.2, 0.25) is 0 Å². The highest BCUT2D eigenvalue weighted by molar-refractivity contribution is 5.73. The Balaban J connectivity index is 1.75. The van der Waals surface area contributed by atoms with Crippen molar-refractivity contribution in [1.82, 2.24) is 20.4 Å². The minimum atomic E-state index is -0.139. The van der Waals surface area contributed by atoms with Crippen molar-refractivity contribution in [3.8, 4) is 0 Å². The van der Waals surface area contributed by atoms with Gasteiger partial charge in [-0.05, 0) is 38.3 Å². The summed E-state index contributed by atoms with van der Waals surface area (Å²) >= 11 is 0. The molecule has 1 heterocycles. The number of rotatable bonds is 5. The standard InChI is InChI=1S/C17H24N4O/c1-12-5-7-15(8-6-12)11-19-17(22)18-10-9-16-13(2)20-21(4)14(16)3/h5-8H,9-11H2,1-4H3,(H2,18,19,22). The number of aryl methyl sites for hydroxylation is 3. The van der Waals surface area contributed by atoms with Gasteiger partial charge in [-0.2, -0.15) is 5.10 Å². The maximum atomic E-state index is 11.8. The number of nitrogens with one attached hydrogen (secondary N) is 2. The molecule has 0 bridgehead atoms. The number of nitrogens with zero attached hydrogens (tertiary/aromatic N) is 2. The number of urea groups is 1. The van der Waals surface area contributed by atoms with Gasteiger partial charge < -0.3 is 10.6 Å². The lowest BCUT2D eigenvalue weighted by Crippen LogP contribution is -2.36. The van der Waals surface area contributed by atoms with Crippen LogP contribution in [0, 0.1) is 20.8 Å². The highest BCUT2D eigenvalue weighted by atomic mass is 16.2. The van der Waals surface area contributed by atoms with Gasteiger partial charge in [-0.3, -0.25) is 4.68 Å². The van der Waals surface area contributed by atoms with Crippen LogP contribution >= 0.6 is 0 Å². The summed E-state index contributed by atoms with van der Waals surface area (Å²) in [6.45, 7) is 7.24. The van der Waals surface area contributed by atoms with Gasteiger partial charge in [0.15, 0.2) is 0 Å². The molecular formula is C17H24N4O. The molecule has 0 fully saturated rings. The van der Waals surface area contributed by atoms with Crippen LogP contribution in [0.5, 0.6) is 0 Å². The maximum absolute atomic E-state index is 11.8. The SMILES string of the molecule is Cc1ccc(CNC(=O)NCCc2c(C)nn(C)c2C)cc1. The first kappa shape index (κ1) is 16.1. The van der Waals surface area contributed by atoms with E-state index in [1.807, 2.05) is 56.8 Å². The molecule has 118 valence electrons. The van der Waals surface area contributed by atoms with Crippen molar-refractivity contribution >= 4 is 6.03 Å². The number of hydrogen-bond acceptors (Lipinski definition) is 2. The first-order valence-corrected chi connectivity index (χ1v) is 7.53. The largest absolute Gasteiger partial charge is 0.338 e. The monoisotopic (exact) mass is 300 g/mol. The Morgan fingerprint density at radius 2 is 1.82 bits per heavy atom. The maximum Gasteiger partial charge on any atom is 0.315 e. The Morgan fingerprint density at radius 3 is 2.41 bits per heavy atom. The Labute approximate surface area is 131 Å². The van der Waals surface area contributed by atoms with Crippen LogP contribution in [0.15, 0.2) is 24.3 Å². The molecule has 0 aliphatic carbocycles. The number of carbonyl (C=O) groups excluding carboxylic acids is 1. The fourth-order valence-corrected chi connectivity index (χ4v) is 2.43. The van der Waals surface area contributed by atoms with Crippen LogP contribution in [-0.2, 0) is 20.0 Å². The van der Waals surface area contributed by atoms with Crippen LogP contribution in [0.4, 0.5) is 4.79 Å². The van der Waals surface area contributed by atoms with Crippen molar-refractivity contribution in [3.05, 3.63) is 52.3 Å². The lowest BCUT2D eigenvalue weighted by molar-refractivity contribution is 0.240. The van der Waals surface area contributed by atoms with E-state index >= 15 is 0 Å². The Morgan fingerprint density at radius 1 is 1.14 bits per heavy atom. The zero-order chi connectivity index (χ0) is 16.1. The van der Waals surface area contributed by atoms with Crippen molar-refractivity contribution < 1.29 is 4.79 Å². The van der Waals surface area contributed by atoms with Gasteiger partial charge in [-0.1, -0.05) is 29.8 Å². The van der Waals surface area contributed by atoms with E-state index in [9.17, 15) is 4.79 Å². The third-order valence-corrected chi connectivity index (χ3v) is 3.89. The molecule has 0 aliphatic rings. The highest BCUT2D eigenvalue weighted by Gasteiger charge is 2.09. The molecule has 0 saturated carbocycles. The second kappa shape index (κ2) is 7.11. The molecule has 0 spiro atoms. The Hall–Kier alpha value is -2.30. The summed E-state index contributed by atoms with van der Waals surface area (Å²) in [6.07, 6.45) is 0.795. The average Bonchev–Trinajstić information content (AvgIpc) is 2.73. The van der Waals surface area contributed by atoms with Gasteiger partial charge >= 0.3 is 6.03 Å². The molecule has 2 aromatic rings. The van der Waals surface area contributed by atoms with Crippen molar-refractivity contribution in [2.75, 3.05) is 6.54 Å². The van der Waals surface area contributed by atoms with Gasteiger partial charge in [0.25, 0.3) is 0 Å². The molecule has 0 saturated heterocycles. The van der Waals surface area contributed by atoms with Crippen molar-refractivity contribution in [2.45, 2.75) is 33.7 Å². The van der Waals surface area contributed by atoms with Crippen LogP contribution < -0.4 is 10.6 Å². The fourth-order valence-electron chi connectivity index (χ4n) is 2.43. The average molecular weight is 300 g/mol. The van der Waals surface area contributed by atoms with Crippen LogP contribution in [-0.4, -0.2) is 22.4 Å². The number of aromatic nitrogens is 2. The Kier molecular flexibility index (Phi) is 5.20. The molecule has 0 unspecified atom stereocenters. The van der Waals surface area contributed by atoms with E-state index in [4.69, 9.17) is 0 Å². The lowest BCUT2D eigenvalue weighted by Gasteiger charge is -2.08. The van der Waals surface area contributed by atoms with E-state index in [-0.39, 0.29) is 6.03 Å². The molecule has 0 aliphatic heterocycles. The van der Waals surface area contributed by atoms with E-state index in [2.05, 4.69) is 15.7 Å². The van der Waals surface area contributed by atoms with E-state index in [1.165, 1.54) is 11.1 Å². The highest BCUT2D eigenvalue weighted by Crippen LogP contribution is 2.11. The summed E-state index contributed by atoms with van der Waals surface area (Å²) in [5.74, 6) is 0. The molecular weight excluding hydrogens is 276 g/mol. The van der Waals surface area contributed by atoms with E-state index in [0.29, 0.717) is 13.1 Å². The molecule has 1 aromatic heterocycles.